The number of benzene rings is 3. The molecular formula is C50H46IrN5O10. The molecule has 0 aliphatic rings. The van der Waals surface area contributed by atoms with E-state index >= 15 is 0 Å². The molecule has 2 amide bonds. The second kappa shape index (κ2) is 28.8. The fraction of sp³-hybridized carbons (Fsp3) is 0.160. The molecule has 3 heterocycles. The number of nitrogens with zero attached hydrogens (tertiary/aromatic N) is 3. The number of nitrogens with one attached hydrogen (secondary N) is 2. The summed E-state index contributed by atoms with van der Waals surface area (Å²) in [5.74, 6) is 0.0172. The third-order valence-electron chi connectivity index (χ3n) is 7.99. The summed E-state index contributed by atoms with van der Waals surface area (Å²) in [6, 6.07) is 40.9. The van der Waals surface area contributed by atoms with Gasteiger partial charge in [-0.3, -0.25) is 4.79 Å². The fourth-order valence-corrected chi connectivity index (χ4v) is 4.87. The smallest absolute Gasteiger partial charge is 0.460 e. The number of amides is 2. The van der Waals surface area contributed by atoms with Crippen LogP contribution in [0.5, 0.6) is 17.2 Å². The van der Waals surface area contributed by atoms with Crippen molar-refractivity contribution >= 4 is 30.1 Å². The summed E-state index contributed by atoms with van der Waals surface area (Å²) in [7, 11) is 0. The minimum atomic E-state index is -0.639. The Morgan fingerprint density at radius 3 is 1.20 bits per heavy atom. The van der Waals surface area contributed by atoms with Crippen molar-refractivity contribution in [3.8, 4) is 51.0 Å². The molecular weight excluding hydrogens is 1020 g/mol. The van der Waals surface area contributed by atoms with Crippen LogP contribution in [0.3, 0.4) is 0 Å². The number of hydrogen-bond donors (Lipinski definition) is 2. The summed E-state index contributed by atoms with van der Waals surface area (Å²) in [5.41, 5.74) is 5.13. The summed E-state index contributed by atoms with van der Waals surface area (Å²) in [5, 5.41) is 4.98. The van der Waals surface area contributed by atoms with E-state index in [1.807, 2.05) is 54.6 Å². The first-order valence-electron chi connectivity index (χ1n) is 20.0. The molecule has 0 radical (unpaired) electrons. The quantitative estimate of drug-likeness (QED) is 0.0328. The zero-order valence-corrected chi connectivity index (χ0v) is 38.7. The summed E-state index contributed by atoms with van der Waals surface area (Å²) < 4.78 is 25.2. The van der Waals surface area contributed by atoms with E-state index in [1.165, 1.54) is 0 Å². The number of hydrogen-bond acceptors (Lipinski definition) is 13. The number of carbonyl (C=O) groups is 5. The van der Waals surface area contributed by atoms with Crippen LogP contribution < -0.4 is 24.8 Å². The number of carbonyl (C=O) groups excluding carboxylic acids is 5. The molecule has 16 heteroatoms. The SMILES string of the molecule is C=C(C)C(=O)OCCNC(=O)Oc1cc[c-]c(-c2ccccn2)c1.C=C(C)C(=O)OCCNC(=O)Oc1cc[c-]c(-c2ccccn2)c1.CCC(=O)Oc1cc[c-]c(-c2ccccn2)c1.[Ir+3]. The van der Waals surface area contributed by atoms with Crippen LogP contribution in [-0.2, 0) is 44.0 Å². The van der Waals surface area contributed by atoms with E-state index in [4.69, 9.17) is 23.7 Å². The van der Waals surface area contributed by atoms with Crippen molar-refractivity contribution in [2.45, 2.75) is 27.2 Å². The fourth-order valence-electron chi connectivity index (χ4n) is 4.87. The topological polar surface area (TPSA) is 194 Å². The summed E-state index contributed by atoms with van der Waals surface area (Å²) in [6.45, 7) is 12.2. The first-order chi connectivity index (χ1) is 31.4. The predicted octanol–water partition coefficient (Wildman–Crippen LogP) is 8.37. The zero-order chi connectivity index (χ0) is 46.8. The van der Waals surface area contributed by atoms with Gasteiger partial charge in [0.15, 0.2) is 0 Å². The molecule has 3 aromatic carbocycles. The third kappa shape index (κ3) is 19.3. The summed E-state index contributed by atoms with van der Waals surface area (Å²) in [6.07, 6.45) is 4.15. The van der Waals surface area contributed by atoms with E-state index in [0.29, 0.717) is 34.8 Å². The van der Waals surface area contributed by atoms with Crippen LogP contribution in [0.1, 0.15) is 27.2 Å². The molecule has 0 spiro atoms. The molecule has 0 aliphatic carbocycles. The number of rotatable bonds is 15. The number of pyridine rings is 3. The van der Waals surface area contributed by atoms with Gasteiger partial charge in [0.25, 0.3) is 0 Å². The maximum atomic E-state index is 11.7. The summed E-state index contributed by atoms with van der Waals surface area (Å²) >= 11 is 0. The van der Waals surface area contributed by atoms with Crippen molar-refractivity contribution in [1.82, 2.24) is 25.6 Å². The third-order valence-corrected chi connectivity index (χ3v) is 7.99. The number of aromatic nitrogens is 3. The molecule has 0 saturated carbocycles. The monoisotopic (exact) mass is 1070 g/mol. The van der Waals surface area contributed by atoms with Gasteiger partial charge in [-0.1, -0.05) is 56.5 Å². The van der Waals surface area contributed by atoms with Gasteiger partial charge in [0.05, 0.1) is 30.3 Å². The first kappa shape index (κ1) is 52.5. The van der Waals surface area contributed by atoms with Gasteiger partial charge in [-0.05, 0) is 49.1 Å². The molecule has 6 aromatic rings. The Labute approximate surface area is 396 Å². The van der Waals surface area contributed by atoms with E-state index in [2.05, 4.69) is 56.9 Å². The average Bonchev–Trinajstić information content (AvgIpc) is 3.33. The van der Waals surface area contributed by atoms with Gasteiger partial charge in [-0.25, -0.2) is 19.2 Å². The Bertz CT molecular complexity index is 2400. The van der Waals surface area contributed by atoms with E-state index < -0.39 is 24.1 Å². The van der Waals surface area contributed by atoms with Gasteiger partial charge in [0.2, 0.25) is 0 Å². The standard InChI is InChI=1S/2C18H17N2O4.C14H12NO2.Ir/c2*1-13(2)17(21)23-11-10-20-18(22)24-15-7-5-6-14(12-15)16-8-3-4-9-19-16;1-2-14(16)17-12-7-5-6-11(10-12)13-8-3-4-9-15-13;/h2*3-5,7-9,12H,1,10-11H2,2H3,(H,20,22);3-5,7-10H,2H2,1H3;/q3*-1;+3. The van der Waals surface area contributed by atoms with Crippen molar-refractivity contribution in [3.63, 3.8) is 0 Å². The van der Waals surface area contributed by atoms with Crippen LogP contribution in [-0.4, -0.2) is 71.3 Å². The molecule has 0 aliphatic heterocycles. The molecule has 0 bridgehead atoms. The van der Waals surface area contributed by atoms with Gasteiger partial charge in [0, 0.05) is 36.2 Å². The van der Waals surface area contributed by atoms with E-state index in [-0.39, 0.29) is 52.4 Å². The zero-order valence-electron chi connectivity index (χ0n) is 36.3. The molecule has 0 atom stereocenters. The minimum absolute atomic E-state index is 0. The minimum Gasteiger partial charge on any atom is -0.460 e. The Balaban J connectivity index is 0.000000265. The van der Waals surface area contributed by atoms with Crippen LogP contribution in [0.4, 0.5) is 9.59 Å². The second-order valence-electron chi connectivity index (χ2n) is 13.3. The van der Waals surface area contributed by atoms with Crippen LogP contribution in [0.15, 0.2) is 152 Å². The van der Waals surface area contributed by atoms with Crippen molar-refractivity contribution in [2.75, 3.05) is 26.3 Å². The maximum Gasteiger partial charge on any atom is 3.00 e. The normalized spacial score (nSPS) is 9.74. The molecule has 2 N–H and O–H groups in total. The Hall–Kier alpha value is -7.81. The Morgan fingerprint density at radius 2 is 0.894 bits per heavy atom. The van der Waals surface area contributed by atoms with E-state index in [1.54, 1.807) is 94.0 Å². The maximum absolute atomic E-state index is 11.7. The number of ether oxygens (including phenoxy) is 5. The van der Waals surface area contributed by atoms with Crippen LogP contribution in [0.2, 0.25) is 0 Å². The van der Waals surface area contributed by atoms with Gasteiger partial charge in [-0.15, -0.1) is 89.5 Å². The van der Waals surface area contributed by atoms with Crippen molar-refractivity contribution in [1.29, 1.82) is 0 Å². The predicted molar refractivity (Wildman–Crippen MR) is 241 cm³/mol. The van der Waals surface area contributed by atoms with Gasteiger partial charge in [0.1, 0.15) is 13.2 Å². The van der Waals surface area contributed by atoms with Crippen molar-refractivity contribution < 1.29 is 67.8 Å². The molecule has 6 rings (SSSR count). The van der Waals surface area contributed by atoms with Gasteiger partial charge in [-0.2, -0.15) is 0 Å². The molecule has 0 fully saturated rings. The first-order valence-corrected chi connectivity index (χ1v) is 20.0. The van der Waals surface area contributed by atoms with E-state index in [9.17, 15) is 24.0 Å². The Morgan fingerprint density at radius 1 is 0.545 bits per heavy atom. The van der Waals surface area contributed by atoms with Crippen molar-refractivity contribution in [2.24, 2.45) is 0 Å². The van der Waals surface area contributed by atoms with Gasteiger partial charge >= 0.3 is 50.2 Å². The van der Waals surface area contributed by atoms with Crippen molar-refractivity contribution in [3.05, 3.63) is 170 Å². The largest absolute Gasteiger partial charge is 3.00 e. The summed E-state index contributed by atoms with van der Waals surface area (Å²) in [4.78, 5) is 69.6. The average molecular weight is 1070 g/mol. The molecule has 0 unspecified atom stereocenters. The Kier molecular flexibility index (Phi) is 22.9. The second-order valence-corrected chi connectivity index (χ2v) is 13.3. The molecule has 340 valence electrons. The van der Waals surface area contributed by atoms with E-state index in [0.717, 1.165) is 33.8 Å². The molecule has 15 nitrogen and oxygen atoms in total. The molecule has 66 heavy (non-hydrogen) atoms. The van der Waals surface area contributed by atoms with Gasteiger partial charge < -0.3 is 49.3 Å². The number of esters is 3. The molecule has 3 aromatic heterocycles. The molecule has 0 saturated heterocycles. The van der Waals surface area contributed by atoms with Crippen LogP contribution in [0, 0.1) is 18.2 Å². The van der Waals surface area contributed by atoms with Crippen LogP contribution >= 0.6 is 0 Å². The van der Waals surface area contributed by atoms with Crippen LogP contribution in [0.25, 0.3) is 33.8 Å².